The Morgan fingerprint density at radius 2 is 1.03 bits per heavy atom. The molecule has 0 aromatic carbocycles. The van der Waals surface area contributed by atoms with Crippen molar-refractivity contribution in [3.63, 3.8) is 0 Å². The minimum absolute atomic E-state index is 0. The molecule has 34 heavy (non-hydrogen) atoms. The fraction of sp³-hybridized carbons (Fsp3) is 0.917. The lowest BCUT2D eigenvalue weighted by atomic mass is 9.66. The maximum atomic E-state index is 11.5. The minimum Gasteiger partial charge on any atom is -0.446 e. The molecule has 4 aliphatic rings. The molecule has 4 N–H and O–H groups in total. The van der Waals surface area contributed by atoms with E-state index in [1.165, 1.54) is 12.8 Å². The van der Waals surface area contributed by atoms with Gasteiger partial charge in [-0.05, 0) is 104 Å². The van der Waals surface area contributed by atoms with E-state index in [0.29, 0.717) is 10.8 Å². The molecule has 2 amide bonds. The number of amides is 2. The molecule has 0 unspecified atom stereocenters. The third kappa shape index (κ3) is 9.25. The highest BCUT2D eigenvalue weighted by Gasteiger charge is 2.48. The van der Waals surface area contributed by atoms with Crippen molar-refractivity contribution < 1.29 is 19.1 Å². The lowest BCUT2D eigenvalue weighted by molar-refractivity contribution is -0.0337. The molecular weight excluding hydrogens is 479 g/mol. The summed E-state index contributed by atoms with van der Waals surface area (Å²) in [7, 11) is 0. The fourth-order valence-electron chi connectivity index (χ4n) is 5.24. The molecule has 4 rings (SSSR count). The molecule has 10 heteroatoms. The van der Waals surface area contributed by atoms with Crippen LogP contribution in [0.3, 0.4) is 0 Å². The summed E-state index contributed by atoms with van der Waals surface area (Å²) in [6.45, 7) is 16.1. The Morgan fingerprint density at radius 3 is 1.26 bits per heavy atom. The number of alkyl carbamates (subject to hydrolysis) is 2. The SMILES string of the molecule is CC(C)(C)NC(=O)OC1CC2(CCNC2)C1.CC(C)(C)NC(=O)OC1CC2(CCNC2)C1.Cl.Cl. The highest BCUT2D eigenvalue weighted by atomic mass is 35.5. The van der Waals surface area contributed by atoms with Gasteiger partial charge >= 0.3 is 12.2 Å². The standard InChI is InChI=1S/2C12H22N2O2.2ClH/c2*1-11(2,3)14-10(15)16-9-6-12(7-9)4-5-13-8-12;;/h2*9,13H,4-8H2,1-3H3,(H,14,15);2*1H. The van der Waals surface area contributed by atoms with Crippen LogP contribution in [-0.2, 0) is 9.47 Å². The monoisotopic (exact) mass is 524 g/mol. The van der Waals surface area contributed by atoms with Crippen molar-refractivity contribution in [1.82, 2.24) is 21.3 Å². The van der Waals surface area contributed by atoms with Crippen molar-refractivity contribution in [2.75, 3.05) is 26.2 Å². The van der Waals surface area contributed by atoms with E-state index in [0.717, 1.165) is 51.9 Å². The van der Waals surface area contributed by atoms with Crippen LogP contribution in [-0.4, -0.2) is 61.7 Å². The number of halogens is 2. The molecule has 0 aromatic heterocycles. The number of carbonyl (C=O) groups is 2. The van der Waals surface area contributed by atoms with E-state index in [2.05, 4.69) is 21.3 Å². The van der Waals surface area contributed by atoms with Crippen molar-refractivity contribution in [2.45, 2.75) is 103 Å². The van der Waals surface area contributed by atoms with Gasteiger partial charge in [0, 0.05) is 24.2 Å². The van der Waals surface area contributed by atoms with Crippen molar-refractivity contribution in [3.8, 4) is 0 Å². The van der Waals surface area contributed by atoms with E-state index >= 15 is 0 Å². The first-order valence-corrected chi connectivity index (χ1v) is 12.2. The third-order valence-corrected chi connectivity index (χ3v) is 6.81. The maximum absolute atomic E-state index is 11.5. The Hall–Kier alpha value is -0.960. The van der Waals surface area contributed by atoms with E-state index in [-0.39, 0.29) is 60.3 Å². The number of nitrogens with one attached hydrogen (secondary N) is 4. The van der Waals surface area contributed by atoms with Gasteiger partial charge in [0.1, 0.15) is 12.2 Å². The van der Waals surface area contributed by atoms with Crippen LogP contribution >= 0.6 is 24.8 Å². The van der Waals surface area contributed by atoms with Crippen LogP contribution in [0, 0.1) is 10.8 Å². The number of ether oxygens (including phenoxy) is 2. The largest absolute Gasteiger partial charge is 0.446 e. The second-order valence-corrected chi connectivity index (χ2v) is 12.5. The molecule has 2 saturated heterocycles. The highest BCUT2D eigenvalue weighted by Crippen LogP contribution is 2.47. The molecule has 8 nitrogen and oxygen atoms in total. The van der Waals surface area contributed by atoms with Gasteiger partial charge in [0.15, 0.2) is 0 Å². The average molecular weight is 526 g/mol. The van der Waals surface area contributed by atoms with Crippen LogP contribution in [0.5, 0.6) is 0 Å². The predicted octanol–water partition coefficient (Wildman–Crippen LogP) is 4.15. The summed E-state index contributed by atoms with van der Waals surface area (Å²) in [6.07, 6.45) is 6.26. The number of rotatable bonds is 2. The van der Waals surface area contributed by atoms with Gasteiger partial charge in [-0.3, -0.25) is 0 Å². The zero-order valence-corrected chi connectivity index (χ0v) is 23.3. The fourth-order valence-corrected chi connectivity index (χ4v) is 5.24. The summed E-state index contributed by atoms with van der Waals surface area (Å²) in [6, 6.07) is 0. The van der Waals surface area contributed by atoms with Crippen LogP contribution < -0.4 is 21.3 Å². The van der Waals surface area contributed by atoms with E-state index in [4.69, 9.17) is 9.47 Å². The normalized spacial score (nSPS) is 31.6. The average Bonchev–Trinajstić information content (AvgIpc) is 3.20. The summed E-state index contributed by atoms with van der Waals surface area (Å²) in [4.78, 5) is 23.0. The van der Waals surface area contributed by atoms with E-state index in [1.54, 1.807) is 0 Å². The van der Waals surface area contributed by atoms with Crippen molar-refractivity contribution in [1.29, 1.82) is 0 Å². The second-order valence-electron chi connectivity index (χ2n) is 12.5. The molecule has 2 aliphatic carbocycles. The number of hydrogen-bond acceptors (Lipinski definition) is 6. The molecule has 2 aliphatic heterocycles. The summed E-state index contributed by atoms with van der Waals surface area (Å²) in [5, 5.41) is 12.4. The topological polar surface area (TPSA) is 101 Å². The van der Waals surface area contributed by atoms with Gasteiger partial charge in [-0.15, -0.1) is 24.8 Å². The first-order chi connectivity index (χ1) is 14.8. The summed E-state index contributed by atoms with van der Waals surface area (Å²) < 4.78 is 10.7. The van der Waals surface area contributed by atoms with Gasteiger partial charge < -0.3 is 30.7 Å². The highest BCUT2D eigenvalue weighted by molar-refractivity contribution is 5.85. The lowest BCUT2D eigenvalue weighted by Gasteiger charge is -2.44. The summed E-state index contributed by atoms with van der Waals surface area (Å²) in [5.41, 5.74) is 0.445. The van der Waals surface area contributed by atoms with Gasteiger partial charge in [-0.25, -0.2) is 9.59 Å². The Balaban J connectivity index is 0.000000321. The van der Waals surface area contributed by atoms with E-state index < -0.39 is 0 Å². The van der Waals surface area contributed by atoms with Crippen LogP contribution in [0.1, 0.15) is 80.1 Å². The quantitative estimate of drug-likeness (QED) is 0.432. The molecule has 4 fully saturated rings. The Bertz CT molecular complexity index is 607. The Labute approximate surface area is 217 Å². The Morgan fingerprint density at radius 1 is 0.706 bits per heavy atom. The van der Waals surface area contributed by atoms with Crippen LogP contribution in [0.15, 0.2) is 0 Å². The predicted molar refractivity (Wildman–Crippen MR) is 139 cm³/mol. The number of carbonyl (C=O) groups excluding carboxylic acids is 2. The smallest absolute Gasteiger partial charge is 0.407 e. The van der Waals surface area contributed by atoms with E-state index in [1.807, 2.05) is 41.5 Å². The maximum Gasteiger partial charge on any atom is 0.407 e. The van der Waals surface area contributed by atoms with Crippen molar-refractivity contribution in [2.24, 2.45) is 10.8 Å². The first kappa shape index (κ1) is 31.1. The summed E-state index contributed by atoms with van der Waals surface area (Å²) in [5.74, 6) is 0. The van der Waals surface area contributed by atoms with Gasteiger partial charge in [0.25, 0.3) is 0 Å². The van der Waals surface area contributed by atoms with Crippen molar-refractivity contribution >= 4 is 37.0 Å². The molecule has 0 atom stereocenters. The van der Waals surface area contributed by atoms with Crippen molar-refractivity contribution in [3.05, 3.63) is 0 Å². The molecule has 2 saturated carbocycles. The van der Waals surface area contributed by atoms with Crippen LogP contribution in [0.25, 0.3) is 0 Å². The lowest BCUT2D eigenvalue weighted by Crippen LogP contribution is -2.48. The molecule has 200 valence electrons. The third-order valence-electron chi connectivity index (χ3n) is 6.81. The Kier molecular flexibility index (Phi) is 10.8. The van der Waals surface area contributed by atoms with Gasteiger partial charge in [-0.2, -0.15) is 0 Å². The van der Waals surface area contributed by atoms with Gasteiger partial charge in [0.05, 0.1) is 0 Å². The first-order valence-electron chi connectivity index (χ1n) is 12.2. The molecule has 0 aromatic rings. The van der Waals surface area contributed by atoms with Gasteiger partial charge in [-0.1, -0.05) is 0 Å². The van der Waals surface area contributed by atoms with Crippen LogP contribution in [0.4, 0.5) is 9.59 Å². The van der Waals surface area contributed by atoms with Crippen LogP contribution in [0.2, 0.25) is 0 Å². The second kappa shape index (κ2) is 11.8. The molecule has 0 bridgehead atoms. The zero-order valence-electron chi connectivity index (χ0n) is 21.7. The number of hydrogen-bond donors (Lipinski definition) is 4. The molecule has 2 heterocycles. The zero-order chi connectivity index (χ0) is 23.6. The summed E-state index contributed by atoms with van der Waals surface area (Å²) >= 11 is 0. The molecule has 0 radical (unpaired) electrons. The van der Waals surface area contributed by atoms with Gasteiger partial charge in [0.2, 0.25) is 0 Å². The van der Waals surface area contributed by atoms with E-state index in [9.17, 15) is 9.59 Å². The minimum atomic E-state index is -0.279. The molecule has 2 spiro atoms. The molecular formula is C24H46Cl2N4O4.